The van der Waals surface area contributed by atoms with E-state index in [9.17, 15) is 0 Å². The molecule has 2 aliphatic rings. The molecule has 21 heavy (non-hydrogen) atoms. The monoisotopic (exact) mass is 392 g/mol. The van der Waals surface area contributed by atoms with Crippen LogP contribution in [-0.2, 0) is 6.54 Å². The zero-order chi connectivity index (χ0) is 13.9. The van der Waals surface area contributed by atoms with Crippen molar-refractivity contribution in [3.8, 4) is 0 Å². The number of nitrogens with one attached hydrogen (secondary N) is 1. The van der Waals surface area contributed by atoms with Crippen LogP contribution in [0.4, 0.5) is 0 Å². The largest absolute Gasteiger partial charge is 0.314 e. The first-order valence-corrected chi connectivity index (χ1v) is 8.77. The minimum atomic E-state index is 0. The van der Waals surface area contributed by atoms with Crippen LogP contribution >= 0.6 is 39.9 Å². The van der Waals surface area contributed by atoms with Gasteiger partial charge in [-0.1, -0.05) is 27.5 Å². The summed E-state index contributed by atoms with van der Waals surface area (Å²) in [4.78, 5) is 2.52. The van der Waals surface area contributed by atoms with E-state index in [4.69, 9.17) is 11.6 Å². The van der Waals surface area contributed by atoms with Crippen LogP contribution in [0, 0.1) is 5.92 Å². The fourth-order valence-electron chi connectivity index (χ4n) is 2.86. The number of rotatable bonds is 5. The Morgan fingerprint density at radius 1 is 1.19 bits per heavy atom. The van der Waals surface area contributed by atoms with Crippen molar-refractivity contribution >= 4 is 39.9 Å². The Kier molecular flexibility index (Phi) is 6.82. The molecule has 3 rings (SSSR count). The van der Waals surface area contributed by atoms with Gasteiger partial charge in [0.25, 0.3) is 0 Å². The number of benzene rings is 1. The van der Waals surface area contributed by atoms with Gasteiger partial charge in [-0.3, -0.25) is 4.90 Å². The van der Waals surface area contributed by atoms with E-state index in [2.05, 4.69) is 32.2 Å². The van der Waals surface area contributed by atoms with Gasteiger partial charge in [0.1, 0.15) is 0 Å². The first-order valence-electron chi connectivity index (χ1n) is 7.60. The molecule has 0 radical (unpaired) electrons. The van der Waals surface area contributed by atoms with Crippen LogP contribution in [0.2, 0.25) is 5.02 Å². The molecule has 5 heteroatoms. The fraction of sp³-hybridized carbons (Fsp3) is 0.625. The standard InChI is InChI=1S/C16H22BrClN2.ClH/c17-14-3-4-16(18)13(9-14)11-20-7-5-15(6-8-20)19-10-12-1-2-12;/h3-4,9,12,15,19H,1-2,5-8,10-11H2;1H. The molecule has 1 aliphatic heterocycles. The summed E-state index contributed by atoms with van der Waals surface area (Å²) < 4.78 is 1.11. The number of hydrogen-bond acceptors (Lipinski definition) is 2. The Hall–Kier alpha value is 0.200. The van der Waals surface area contributed by atoms with Crippen molar-refractivity contribution in [3.05, 3.63) is 33.3 Å². The second kappa shape index (κ2) is 8.16. The topological polar surface area (TPSA) is 15.3 Å². The fourth-order valence-corrected chi connectivity index (χ4v) is 3.44. The Morgan fingerprint density at radius 2 is 1.90 bits per heavy atom. The quantitative estimate of drug-likeness (QED) is 0.792. The maximum absolute atomic E-state index is 6.28. The van der Waals surface area contributed by atoms with Gasteiger partial charge in [-0.15, -0.1) is 12.4 Å². The van der Waals surface area contributed by atoms with E-state index in [0.717, 1.165) is 28.0 Å². The molecule has 0 spiro atoms. The molecule has 2 nitrogen and oxygen atoms in total. The van der Waals surface area contributed by atoms with Crippen LogP contribution in [0.25, 0.3) is 0 Å². The molecule has 1 aromatic carbocycles. The Bertz CT molecular complexity index is 458. The van der Waals surface area contributed by atoms with Crippen molar-refractivity contribution in [2.45, 2.75) is 38.3 Å². The normalized spacial score (nSPS) is 20.3. The summed E-state index contributed by atoms with van der Waals surface area (Å²) in [5.74, 6) is 0.980. The Balaban J connectivity index is 0.00000161. The van der Waals surface area contributed by atoms with E-state index in [1.54, 1.807) is 0 Å². The Labute approximate surface area is 147 Å². The second-order valence-electron chi connectivity index (χ2n) is 6.14. The van der Waals surface area contributed by atoms with Crippen LogP contribution in [0.5, 0.6) is 0 Å². The summed E-state index contributed by atoms with van der Waals surface area (Å²) in [5, 5.41) is 4.61. The van der Waals surface area contributed by atoms with E-state index >= 15 is 0 Å². The lowest BCUT2D eigenvalue weighted by Crippen LogP contribution is -2.42. The summed E-state index contributed by atoms with van der Waals surface area (Å²) in [7, 11) is 0. The number of nitrogens with zero attached hydrogens (tertiary/aromatic N) is 1. The highest BCUT2D eigenvalue weighted by Gasteiger charge is 2.24. The van der Waals surface area contributed by atoms with Gasteiger partial charge in [0.2, 0.25) is 0 Å². The lowest BCUT2D eigenvalue weighted by atomic mass is 10.0. The molecule has 1 N–H and O–H groups in total. The van der Waals surface area contributed by atoms with Gasteiger partial charge in [-0.25, -0.2) is 0 Å². The van der Waals surface area contributed by atoms with Crippen molar-refractivity contribution in [2.75, 3.05) is 19.6 Å². The molecule has 1 aliphatic carbocycles. The summed E-state index contributed by atoms with van der Waals surface area (Å²) in [6, 6.07) is 6.84. The van der Waals surface area contributed by atoms with Gasteiger partial charge in [0.05, 0.1) is 0 Å². The SMILES string of the molecule is Cl.Clc1ccc(Br)cc1CN1CCC(NCC2CC2)CC1. The van der Waals surface area contributed by atoms with Crippen LogP contribution in [0.1, 0.15) is 31.2 Å². The van der Waals surface area contributed by atoms with Crippen molar-refractivity contribution in [2.24, 2.45) is 5.92 Å². The van der Waals surface area contributed by atoms with Crippen molar-refractivity contribution in [1.29, 1.82) is 0 Å². The van der Waals surface area contributed by atoms with Gasteiger partial charge in [0.15, 0.2) is 0 Å². The van der Waals surface area contributed by atoms with Gasteiger partial charge in [-0.05, 0) is 75.0 Å². The molecule has 0 amide bonds. The molecule has 0 aromatic heterocycles. The van der Waals surface area contributed by atoms with E-state index in [0.29, 0.717) is 0 Å². The zero-order valence-electron chi connectivity index (χ0n) is 12.2. The summed E-state index contributed by atoms with van der Waals surface area (Å²) in [6.07, 6.45) is 5.40. The first-order chi connectivity index (χ1) is 9.70. The minimum Gasteiger partial charge on any atom is -0.314 e. The molecule has 1 saturated carbocycles. The molecule has 0 bridgehead atoms. The zero-order valence-corrected chi connectivity index (χ0v) is 15.3. The van der Waals surface area contributed by atoms with Gasteiger partial charge >= 0.3 is 0 Å². The highest BCUT2D eigenvalue weighted by molar-refractivity contribution is 9.10. The molecule has 0 atom stereocenters. The van der Waals surface area contributed by atoms with Gasteiger partial charge < -0.3 is 5.32 Å². The third-order valence-corrected chi connectivity index (χ3v) is 5.24. The third kappa shape index (κ3) is 5.40. The van der Waals surface area contributed by atoms with Crippen LogP contribution in [0.15, 0.2) is 22.7 Å². The van der Waals surface area contributed by atoms with Crippen LogP contribution in [0.3, 0.4) is 0 Å². The smallest absolute Gasteiger partial charge is 0.0451 e. The maximum Gasteiger partial charge on any atom is 0.0451 e. The summed E-state index contributed by atoms with van der Waals surface area (Å²) in [5.41, 5.74) is 1.23. The molecule has 1 aromatic rings. The van der Waals surface area contributed by atoms with Crippen LogP contribution < -0.4 is 5.32 Å². The molecular weight excluding hydrogens is 371 g/mol. The molecule has 1 heterocycles. The third-order valence-electron chi connectivity index (χ3n) is 4.38. The minimum absolute atomic E-state index is 0. The van der Waals surface area contributed by atoms with Crippen LogP contribution in [-0.4, -0.2) is 30.6 Å². The van der Waals surface area contributed by atoms with Gasteiger partial charge in [0, 0.05) is 22.1 Å². The van der Waals surface area contributed by atoms with E-state index in [1.807, 2.05) is 12.1 Å². The molecule has 118 valence electrons. The van der Waals surface area contributed by atoms with Crippen molar-refractivity contribution in [1.82, 2.24) is 10.2 Å². The second-order valence-corrected chi connectivity index (χ2v) is 7.46. The highest BCUT2D eigenvalue weighted by atomic mass is 79.9. The van der Waals surface area contributed by atoms with Gasteiger partial charge in [-0.2, -0.15) is 0 Å². The predicted octanol–water partition coefficient (Wildman–Crippen LogP) is 4.49. The maximum atomic E-state index is 6.28. The average Bonchev–Trinajstić information content (AvgIpc) is 3.26. The van der Waals surface area contributed by atoms with E-state index in [-0.39, 0.29) is 12.4 Å². The molecule has 0 unspecified atom stereocenters. The molecule has 2 fully saturated rings. The van der Waals surface area contributed by atoms with Crippen molar-refractivity contribution < 1.29 is 0 Å². The lowest BCUT2D eigenvalue weighted by Gasteiger charge is -2.32. The predicted molar refractivity (Wildman–Crippen MR) is 95.4 cm³/mol. The summed E-state index contributed by atoms with van der Waals surface area (Å²) >= 11 is 9.80. The highest BCUT2D eigenvalue weighted by Crippen LogP contribution is 2.28. The summed E-state index contributed by atoms with van der Waals surface area (Å²) in [6.45, 7) is 4.55. The lowest BCUT2D eigenvalue weighted by molar-refractivity contribution is 0.190. The first kappa shape index (κ1) is 17.6. The number of hydrogen-bond donors (Lipinski definition) is 1. The Morgan fingerprint density at radius 3 is 2.57 bits per heavy atom. The van der Waals surface area contributed by atoms with E-state index < -0.39 is 0 Å². The van der Waals surface area contributed by atoms with E-state index in [1.165, 1.54) is 50.9 Å². The average molecular weight is 394 g/mol. The number of piperidine rings is 1. The van der Waals surface area contributed by atoms with Crippen molar-refractivity contribution in [3.63, 3.8) is 0 Å². The number of likely N-dealkylation sites (tertiary alicyclic amines) is 1. The number of halogens is 3. The molecular formula is C16H23BrCl2N2. The molecule has 1 saturated heterocycles.